The number of benzene rings is 1. The van der Waals surface area contributed by atoms with Gasteiger partial charge in [-0.1, -0.05) is 12.1 Å². The Balaban J connectivity index is 1.93. The van der Waals surface area contributed by atoms with Gasteiger partial charge in [0.15, 0.2) is 11.4 Å². The fourth-order valence-electron chi connectivity index (χ4n) is 4.20. The number of amides is 1. The van der Waals surface area contributed by atoms with Crippen LogP contribution in [0.4, 0.5) is 10.1 Å². The summed E-state index contributed by atoms with van der Waals surface area (Å²) in [4.78, 5) is 30.0. The molecule has 0 saturated heterocycles. The number of hydrogen-bond donors (Lipinski definition) is 2. The molecule has 1 amide bonds. The maximum absolute atomic E-state index is 14.4. The molecule has 0 radical (unpaired) electrons. The number of carbonyl (C=O) groups is 1. The molecule has 186 valence electrons. The second-order valence-electron chi connectivity index (χ2n) is 8.23. The van der Waals surface area contributed by atoms with E-state index in [-0.39, 0.29) is 28.3 Å². The maximum atomic E-state index is 14.4. The molecule has 4 rings (SSSR count). The Hall–Kier alpha value is -5.30. The Morgan fingerprint density at radius 3 is 2.65 bits per heavy atom. The van der Waals surface area contributed by atoms with Gasteiger partial charge in [0.1, 0.15) is 29.7 Å². The summed E-state index contributed by atoms with van der Waals surface area (Å²) in [5.74, 6) is -4.06. The monoisotopic (exact) mass is 502 g/mol. The zero-order valence-corrected chi connectivity index (χ0v) is 19.8. The molecular formula is C24H19FN8O4. The molecule has 2 atom stereocenters. The molecule has 0 fully saturated rings. The summed E-state index contributed by atoms with van der Waals surface area (Å²) in [7, 11) is 2.95. The summed E-state index contributed by atoms with van der Waals surface area (Å²) in [6.45, 7) is 1.64. The molecule has 2 N–H and O–H groups in total. The number of carbonyl (C=O) groups excluding carboxylic acids is 1. The van der Waals surface area contributed by atoms with Gasteiger partial charge >= 0.3 is 0 Å². The molecule has 1 aromatic carbocycles. The van der Waals surface area contributed by atoms with Crippen LogP contribution in [0.5, 0.6) is 5.75 Å². The van der Waals surface area contributed by atoms with Crippen molar-refractivity contribution in [1.82, 2.24) is 24.5 Å². The Kier molecular flexibility index (Phi) is 6.54. The number of hydrogen-bond acceptors (Lipinski definition) is 9. The summed E-state index contributed by atoms with van der Waals surface area (Å²) < 4.78 is 21.5. The van der Waals surface area contributed by atoms with E-state index in [0.29, 0.717) is 5.56 Å². The Bertz CT molecular complexity index is 1640. The summed E-state index contributed by atoms with van der Waals surface area (Å²) in [6, 6.07) is 7.65. The number of anilines is 1. The number of aromatic nitrogens is 5. The van der Waals surface area contributed by atoms with Gasteiger partial charge in [-0.05, 0) is 23.8 Å². The van der Waals surface area contributed by atoms with Crippen LogP contribution in [0.25, 0.3) is 0 Å². The smallest absolute Gasteiger partial charge is 0.296 e. The summed E-state index contributed by atoms with van der Waals surface area (Å²) in [5.41, 5.74) is -0.530. The van der Waals surface area contributed by atoms with Gasteiger partial charge in [-0.3, -0.25) is 18.8 Å². The third-order valence-corrected chi connectivity index (χ3v) is 5.88. The zero-order chi connectivity index (χ0) is 26.9. The number of aryl methyl sites for hydroxylation is 1. The van der Waals surface area contributed by atoms with Crippen molar-refractivity contribution in [3.63, 3.8) is 0 Å². The summed E-state index contributed by atoms with van der Waals surface area (Å²) in [6.07, 6.45) is 3.92. The van der Waals surface area contributed by atoms with Crippen LogP contribution in [0.15, 0.2) is 46.2 Å². The fourth-order valence-corrected chi connectivity index (χ4v) is 4.20. The molecule has 0 saturated carbocycles. The highest BCUT2D eigenvalue weighted by Crippen LogP contribution is 2.40. The van der Waals surface area contributed by atoms with Crippen LogP contribution in [0.2, 0.25) is 0 Å². The lowest BCUT2D eigenvalue weighted by molar-refractivity contribution is 0.101. The molecule has 0 aliphatic rings. The molecule has 4 aromatic rings. The predicted molar refractivity (Wildman–Crippen MR) is 125 cm³/mol. The number of nitriles is 2. The van der Waals surface area contributed by atoms with Gasteiger partial charge in [0, 0.05) is 37.7 Å². The van der Waals surface area contributed by atoms with Crippen LogP contribution < -0.4 is 10.9 Å². The normalized spacial score (nSPS) is 12.4. The van der Waals surface area contributed by atoms with E-state index < -0.39 is 40.6 Å². The molecule has 13 heteroatoms. The molecule has 0 aliphatic heterocycles. The second-order valence-corrected chi connectivity index (χ2v) is 8.23. The number of halogens is 1. The van der Waals surface area contributed by atoms with Gasteiger partial charge in [0.25, 0.3) is 11.5 Å². The molecule has 0 bridgehead atoms. The first-order valence-electron chi connectivity index (χ1n) is 10.8. The fraction of sp³-hybridized carbons (Fsp3) is 0.208. The van der Waals surface area contributed by atoms with Gasteiger partial charge in [0.05, 0.1) is 17.8 Å². The van der Waals surface area contributed by atoms with Gasteiger partial charge < -0.3 is 14.9 Å². The van der Waals surface area contributed by atoms with Crippen molar-refractivity contribution in [2.75, 3.05) is 5.32 Å². The molecule has 3 aromatic heterocycles. The quantitative estimate of drug-likeness (QED) is 0.400. The minimum Gasteiger partial charge on any atom is -0.501 e. The highest BCUT2D eigenvalue weighted by molar-refractivity contribution is 6.04. The zero-order valence-electron chi connectivity index (χ0n) is 19.8. The highest BCUT2D eigenvalue weighted by Gasteiger charge is 2.33. The largest absolute Gasteiger partial charge is 0.501 e. The first-order chi connectivity index (χ1) is 17.7. The van der Waals surface area contributed by atoms with Gasteiger partial charge in [-0.15, -0.1) is 0 Å². The van der Waals surface area contributed by atoms with E-state index in [0.717, 1.165) is 16.9 Å². The molecular weight excluding hydrogens is 483 g/mol. The first-order valence-corrected chi connectivity index (χ1v) is 10.8. The Labute approximate surface area is 208 Å². The summed E-state index contributed by atoms with van der Waals surface area (Å²) in [5, 5.41) is 39.9. The molecule has 0 aliphatic carbocycles. The van der Waals surface area contributed by atoms with Crippen molar-refractivity contribution in [2.24, 2.45) is 14.1 Å². The van der Waals surface area contributed by atoms with Crippen LogP contribution in [-0.4, -0.2) is 35.5 Å². The number of aromatic hydroxyl groups is 1. The third-order valence-electron chi connectivity index (χ3n) is 5.88. The molecule has 0 unspecified atom stereocenters. The van der Waals surface area contributed by atoms with E-state index in [2.05, 4.69) is 25.1 Å². The lowest BCUT2D eigenvalue weighted by Gasteiger charge is -2.26. The van der Waals surface area contributed by atoms with Crippen molar-refractivity contribution in [3.8, 4) is 17.9 Å². The van der Waals surface area contributed by atoms with E-state index in [1.54, 1.807) is 20.2 Å². The van der Waals surface area contributed by atoms with E-state index in [1.807, 2.05) is 12.1 Å². The number of nitrogens with one attached hydrogen (secondary N) is 1. The highest BCUT2D eigenvalue weighted by atomic mass is 19.1. The van der Waals surface area contributed by atoms with Gasteiger partial charge in [0.2, 0.25) is 5.75 Å². The maximum Gasteiger partial charge on any atom is 0.296 e. The number of nitrogens with zero attached hydrogens (tertiary/aromatic N) is 7. The Morgan fingerprint density at radius 1 is 1.24 bits per heavy atom. The van der Waals surface area contributed by atoms with Crippen molar-refractivity contribution in [1.29, 1.82) is 10.5 Å². The minimum atomic E-state index is -0.905. The van der Waals surface area contributed by atoms with Crippen LogP contribution >= 0.6 is 0 Å². The molecule has 12 nitrogen and oxygen atoms in total. The standard InChI is InChI=1S/C24H19FN8O4/c1-12(22-30-20(21(34)24(36)33(22)3)23(35)29-15-9-28-37-11-15)19(17-10-32(2)31-18(17)8-27)16-6-14(25)5-4-13(16)7-26/h4-6,9-12,19,34H,1-3H3,(H,29,35)/t12-,19-/m1/s1. The van der Waals surface area contributed by atoms with Crippen molar-refractivity contribution < 1.29 is 18.8 Å². The van der Waals surface area contributed by atoms with Crippen molar-refractivity contribution >= 4 is 11.6 Å². The molecule has 0 spiro atoms. The predicted octanol–water partition coefficient (Wildman–Crippen LogP) is 2.28. The van der Waals surface area contributed by atoms with Crippen LogP contribution in [-0.2, 0) is 14.1 Å². The van der Waals surface area contributed by atoms with Crippen molar-refractivity contribution in [2.45, 2.75) is 18.8 Å². The minimum absolute atomic E-state index is 0.0294. The van der Waals surface area contributed by atoms with Crippen LogP contribution in [0.1, 0.15) is 57.5 Å². The van der Waals surface area contributed by atoms with E-state index in [9.17, 15) is 29.6 Å². The average Bonchev–Trinajstić information content (AvgIpc) is 3.52. The Morgan fingerprint density at radius 2 is 2.00 bits per heavy atom. The SMILES string of the molecule is C[C@@H](c1nc(C(=O)Nc2cnoc2)c(O)c(=O)n1C)[C@H](c1cc(F)ccc1C#N)c1cn(C)nc1C#N. The lowest BCUT2D eigenvalue weighted by Crippen LogP contribution is -2.29. The van der Waals surface area contributed by atoms with Gasteiger partial charge in [-0.25, -0.2) is 9.37 Å². The van der Waals surface area contributed by atoms with E-state index in [1.165, 1.54) is 30.1 Å². The number of rotatable bonds is 6. The van der Waals surface area contributed by atoms with Crippen LogP contribution in [0.3, 0.4) is 0 Å². The molecule has 37 heavy (non-hydrogen) atoms. The topological polar surface area (TPSA) is 176 Å². The third kappa shape index (κ3) is 4.53. The summed E-state index contributed by atoms with van der Waals surface area (Å²) >= 11 is 0. The average molecular weight is 502 g/mol. The van der Waals surface area contributed by atoms with E-state index in [4.69, 9.17) is 0 Å². The van der Waals surface area contributed by atoms with Crippen molar-refractivity contribution in [3.05, 3.63) is 86.9 Å². The van der Waals surface area contributed by atoms with Gasteiger partial charge in [-0.2, -0.15) is 15.6 Å². The second kappa shape index (κ2) is 9.75. The van der Waals surface area contributed by atoms with Crippen LogP contribution in [0, 0.1) is 28.5 Å². The molecule has 3 heterocycles. The first kappa shape index (κ1) is 24.8. The lowest BCUT2D eigenvalue weighted by atomic mass is 9.79. The van der Waals surface area contributed by atoms with E-state index >= 15 is 0 Å².